The molecule has 2 aromatic heterocycles. The molecule has 0 aliphatic rings. The normalized spacial score (nSPS) is 10.4. The summed E-state index contributed by atoms with van der Waals surface area (Å²) in [4.78, 5) is 21.2. The molecule has 4 nitrogen and oxygen atoms in total. The molecule has 0 atom stereocenters. The highest BCUT2D eigenvalue weighted by Crippen LogP contribution is 2.06. The highest BCUT2D eigenvalue weighted by atomic mass is 35.5. The zero-order chi connectivity index (χ0) is 8.55. The van der Waals surface area contributed by atoms with Crippen LogP contribution in [0.2, 0.25) is 5.28 Å². The molecule has 0 amide bonds. The van der Waals surface area contributed by atoms with Gasteiger partial charge in [0.15, 0.2) is 0 Å². The fraction of sp³-hybridized carbons (Fsp3) is 0. The van der Waals surface area contributed by atoms with Crippen molar-refractivity contribution in [1.29, 1.82) is 0 Å². The Kier molecular flexibility index (Phi) is 1.55. The molecule has 2 rings (SSSR count). The van der Waals surface area contributed by atoms with E-state index >= 15 is 0 Å². The molecule has 0 bridgehead atoms. The number of nitrogens with zero attached hydrogens (tertiary/aromatic N) is 2. The first-order chi connectivity index (χ1) is 5.77. The molecule has 0 aliphatic heterocycles. The van der Waals surface area contributed by atoms with E-state index in [1.165, 1.54) is 6.20 Å². The van der Waals surface area contributed by atoms with E-state index in [4.69, 9.17) is 11.6 Å². The van der Waals surface area contributed by atoms with Gasteiger partial charge >= 0.3 is 0 Å². The lowest BCUT2D eigenvalue weighted by molar-refractivity contribution is 1.17. The molecule has 5 heteroatoms. The Morgan fingerprint density at radius 3 is 3.17 bits per heavy atom. The van der Waals surface area contributed by atoms with E-state index in [1.54, 1.807) is 12.3 Å². The average molecular weight is 182 g/mol. The predicted octanol–water partition coefficient (Wildman–Crippen LogP) is 0.971. The van der Waals surface area contributed by atoms with Crippen molar-refractivity contribution in [2.75, 3.05) is 0 Å². The third-order valence-corrected chi connectivity index (χ3v) is 1.66. The van der Waals surface area contributed by atoms with E-state index in [2.05, 4.69) is 15.0 Å². The number of nitrogens with one attached hydrogen (secondary N) is 1. The van der Waals surface area contributed by atoms with E-state index in [0.717, 1.165) is 0 Å². The van der Waals surface area contributed by atoms with Crippen molar-refractivity contribution in [1.82, 2.24) is 15.0 Å². The van der Waals surface area contributed by atoms with Crippen molar-refractivity contribution in [3.63, 3.8) is 0 Å². The molecule has 12 heavy (non-hydrogen) atoms. The van der Waals surface area contributed by atoms with Crippen LogP contribution >= 0.6 is 11.6 Å². The first kappa shape index (κ1) is 7.24. The van der Waals surface area contributed by atoms with Crippen molar-refractivity contribution in [2.45, 2.75) is 0 Å². The minimum atomic E-state index is -0.253. The molecule has 2 heterocycles. The Labute approximate surface area is 72.2 Å². The molecule has 0 aliphatic carbocycles. The first-order valence-corrected chi connectivity index (χ1v) is 3.65. The zero-order valence-electron chi connectivity index (χ0n) is 5.91. The Bertz CT molecular complexity index is 479. The monoisotopic (exact) mass is 181 g/mol. The number of pyridine rings is 1. The summed E-state index contributed by atoms with van der Waals surface area (Å²) in [6.07, 6.45) is 3.06. The molecule has 2 aromatic rings. The van der Waals surface area contributed by atoms with Gasteiger partial charge in [0.1, 0.15) is 5.52 Å². The number of hydrogen-bond donors (Lipinski definition) is 1. The average Bonchev–Trinajstić information content (AvgIpc) is 2.07. The van der Waals surface area contributed by atoms with E-state index in [0.29, 0.717) is 10.9 Å². The van der Waals surface area contributed by atoms with Gasteiger partial charge in [-0.05, 0) is 17.7 Å². The topological polar surface area (TPSA) is 58.6 Å². The molecule has 0 saturated heterocycles. The van der Waals surface area contributed by atoms with Gasteiger partial charge in [0.2, 0.25) is 5.28 Å². The molecule has 0 aromatic carbocycles. The summed E-state index contributed by atoms with van der Waals surface area (Å²) in [5.41, 5.74) is 0.0642. The third kappa shape index (κ3) is 1.06. The Balaban J connectivity index is 2.98. The number of aromatic nitrogens is 3. The predicted molar refractivity (Wildman–Crippen MR) is 45.2 cm³/mol. The summed E-state index contributed by atoms with van der Waals surface area (Å²) in [5.74, 6) is 0. The van der Waals surface area contributed by atoms with Crippen LogP contribution in [0.15, 0.2) is 23.3 Å². The smallest absolute Gasteiger partial charge is 0.274 e. The maximum atomic E-state index is 11.1. The Morgan fingerprint density at radius 1 is 1.50 bits per heavy atom. The van der Waals surface area contributed by atoms with E-state index in [-0.39, 0.29) is 10.8 Å². The van der Waals surface area contributed by atoms with Crippen molar-refractivity contribution in [2.24, 2.45) is 0 Å². The molecule has 1 N–H and O–H groups in total. The van der Waals surface area contributed by atoms with Crippen LogP contribution in [0, 0.1) is 0 Å². The number of H-pyrrole nitrogens is 1. The molecule has 0 radical (unpaired) electrons. The summed E-state index contributed by atoms with van der Waals surface area (Å²) in [6.45, 7) is 0. The van der Waals surface area contributed by atoms with Crippen LogP contribution in [-0.2, 0) is 0 Å². The van der Waals surface area contributed by atoms with Crippen molar-refractivity contribution >= 4 is 22.5 Å². The fourth-order valence-electron chi connectivity index (χ4n) is 0.949. The van der Waals surface area contributed by atoms with Crippen LogP contribution in [0.25, 0.3) is 10.9 Å². The summed E-state index contributed by atoms with van der Waals surface area (Å²) >= 11 is 5.52. The maximum absolute atomic E-state index is 11.1. The second-order valence-electron chi connectivity index (χ2n) is 2.25. The second kappa shape index (κ2) is 2.57. The lowest BCUT2D eigenvalue weighted by Crippen LogP contribution is -2.06. The number of hydrogen-bond acceptors (Lipinski definition) is 3. The minimum absolute atomic E-state index is 0.0826. The molecule has 60 valence electrons. The van der Waals surface area contributed by atoms with Crippen LogP contribution < -0.4 is 5.56 Å². The van der Waals surface area contributed by atoms with E-state index < -0.39 is 0 Å². The maximum Gasteiger partial charge on any atom is 0.274 e. The minimum Gasteiger partial charge on any atom is -0.327 e. The molecule has 0 unspecified atom stereocenters. The van der Waals surface area contributed by atoms with Gasteiger partial charge in [-0.3, -0.25) is 4.79 Å². The molecule has 0 spiro atoms. The van der Waals surface area contributed by atoms with Crippen LogP contribution in [0.3, 0.4) is 0 Å². The quantitative estimate of drug-likeness (QED) is 0.617. The molecule has 0 fully saturated rings. The molecular formula is C7H4ClN3O. The van der Waals surface area contributed by atoms with Crippen molar-refractivity contribution < 1.29 is 0 Å². The highest BCUT2D eigenvalue weighted by Gasteiger charge is 1.99. The highest BCUT2D eigenvalue weighted by molar-refractivity contribution is 6.28. The van der Waals surface area contributed by atoms with Gasteiger partial charge < -0.3 is 4.98 Å². The van der Waals surface area contributed by atoms with Crippen LogP contribution in [0.1, 0.15) is 0 Å². The number of halogens is 1. The standard InChI is InChI=1S/C7H4ClN3O/c8-7-10-3-4-1-2-9-6(12)5(4)11-7/h1-3H,(H,9,12). The summed E-state index contributed by atoms with van der Waals surface area (Å²) in [7, 11) is 0. The van der Waals surface area contributed by atoms with Crippen LogP contribution in [0.5, 0.6) is 0 Å². The van der Waals surface area contributed by atoms with Crippen molar-refractivity contribution in [3.8, 4) is 0 Å². The summed E-state index contributed by atoms with van der Waals surface area (Å²) in [5, 5.41) is 0.766. The Hall–Kier alpha value is -1.42. The molecular weight excluding hydrogens is 178 g/mol. The lowest BCUT2D eigenvalue weighted by atomic mass is 10.3. The zero-order valence-corrected chi connectivity index (χ0v) is 6.67. The van der Waals surface area contributed by atoms with Crippen LogP contribution in [-0.4, -0.2) is 15.0 Å². The van der Waals surface area contributed by atoms with E-state index in [9.17, 15) is 4.79 Å². The number of aromatic amines is 1. The van der Waals surface area contributed by atoms with Crippen LogP contribution in [0.4, 0.5) is 0 Å². The van der Waals surface area contributed by atoms with Gasteiger partial charge in [0.05, 0.1) is 0 Å². The van der Waals surface area contributed by atoms with Gasteiger partial charge in [0, 0.05) is 17.8 Å². The van der Waals surface area contributed by atoms with Crippen molar-refractivity contribution in [3.05, 3.63) is 34.1 Å². The van der Waals surface area contributed by atoms with Gasteiger partial charge in [-0.2, -0.15) is 0 Å². The van der Waals surface area contributed by atoms with Gasteiger partial charge in [-0.25, -0.2) is 9.97 Å². The summed E-state index contributed by atoms with van der Waals surface area (Å²) in [6, 6.07) is 1.72. The second-order valence-corrected chi connectivity index (χ2v) is 2.59. The number of fused-ring (bicyclic) bond motifs is 1. The largest absolute Gasteiger partial charge is 0.327 e. The summed E-state index contributed by atoms with van der Waals surface area (Å²) < 4.78 is 0. The molecule has 0 saturated carbocycles. The SMILES string of the molecule is O=c1[nH]ccc2cnc(Cl)nc12. The Morgan fingerprint density at radius 2 is 2.33 bits per heavy atom. The number of rotatable bonds is 0. The van der Waals surface area contributed by atoms with Gasteiger partial charge in [0.25, 0.3) is 5.56 Å². The third-order valence-electron chi connectivity index (χ3n) is 1.48. The van der Waals surface area contributed by atoms with Gasteiger partial charge in [-0.1, -0.05) is 0 Å². The van der Waals surface area contributed by atoms with Gasteiger partial charge in [-0.15, -0.1) is 0 Å². The first-order valence-electron chi connectivity index (χ1n) is 3.27. The lowest BCUT2D eigenvalue weighted by Gasteiger charge is -1.93. The fourth-order valence-corrected chi connectivity index (χ4v) is 1.08. The van der Waals surface area contributed by atoms with E-state index in [1.807, 2.05) is 0 Å².